The number of halogens is 1. The Morgan fingerprint density at radius 1 is 1.26 bits per heavy atom. The van der Waals surface area contributed by atoms with Crippen molar-refractivity contribution in [1.82, 2.24) is 19.9 Å². The summed E-state index contributed by atoms with van der Waals surface area (Å²) < 4.78 is 20.1. The molecule has 0 saturated heterocycles. The van der Waals surface area contributed by atoms with Crippen LogP contribution < -0.4 is 10.9 Å². The summed E-state index contributed by atoms with van der Waals surface area (Å²) in [5.41, 5.74) is 0.558. The predicted octanol–water partition coefficient (Wildman–Crippen LogP) is 1.55. The van der Waals surface area contributed by atoms with Crippen molar-refractivity contribution in [2.45, 2.75) is 13.0 Å². The fourth-order valence-electron chi connectivity index (χ4n) is 2.71. The van der Waals surface area contributed by atoms with E-state index in [1.165, 1.54) is 17.7 Å². The molecule has 7 nitrogen and oxygen atoms in total. The maximum absolute atomic E-state index is 13.6. The van der Waals surface area contributed by atoms with Gasteiger partial charge in [0.1, 0.15) is 11.3 Å². The van der Waals surface area contributed by atoms with Crippen molar-refractivity contribution in [2.24, 2.45) is 0 Å². The van der Waals surface area contributed by atoms with E-state index in [2.05, 4.69) is 15.3 Å². The third kappa shape index (κ3) is 4.17. The van der Waals surface area contributed by atoms with Crippen molar-refractivity contribution in [3.05, 3.63) is 70.0 Å². The van der Waals surface area contributed by atoms with Crippen molar-refractivity contribution in [3.8, 4) is 0 Å². The van der Waals surface area contributed by atoms with Crippen LogP contribution in [0.2, 0.25) is 0 Å². The largest absolute Gasteiger partial charge is 0.383 e. The molecule has 1 N–H and O–H groups in total. The van der Waals surface area contributed by atoms with Crippen LogP contribution in [0.4, 0.5) is 4.39 Å². The monoisotopic (exact) mass is 370 g/mol. The Hall–Kier alpha value is -3.13. The molecule has 1 aromatic carbocycles. The first-order valence-corrected chi connectivity index (χ1v) is 8.48. The van der Waals surface area contributed by atoms with E-state index in [1.54, 1.807) is 36.5 Å². The lowest BCUT2D eigenvalue weighted by Crippen LogP contribution is -2.36. The molecule has 0 radical (unpaired) electrons. The van der Waals surface area contributed by atoms with Crippen molar-refractivity contribution in [3.63, 3.8) is 0 Å². The van der Waals surface area contributed by atoms with Gasteiger partial charge in [0.2, 0.25) is 0 Å². The third-order valence-corrected chi connectivity index (χ3v) is 4.07. The number of amides is 1. The third-order valence-electron chi connectivity index (χ3n) is 4.07. The average Bonchev–Trinajstić information content (AvgIpc) is 2.68. The zero-order chi connectivity index (χ0) is 19.2. The Morgan fingerprint density at radius 3 is 2.85 bits per heavy atom. The van der Waals surface area contributed by atoms with Gasteiger partial charge in [0, 0.05) is 19.9 Å². The number of hydrogen-bond acceptors (Lipinski definition) is 5. The van der Waals surface area contributed by atoms with E-state index in [9.17, 15) is 14.0 Å². The molecule has 0 aliphatic rings. The molecular formula is C19H19FN4O3. The Morgan fingerprint density at radius 2 is 2.07 bits per heavy atom. The second-order valence-electron chi connectivity index (χ2n) is 5.85. The molecule has 0 aliphatic heterocycles. The molecule has 0 fully saturated rings. The SMILES string of the molecule is COCCn1c(=O)c(C(=O)NCCc2ccccc2F)nc2cccnc21. The molecule has 3 rings (SSSR count). The van der Waals surface area contributed by atoms with Crippen LogP contribution in [0.1, 0.15) is 16.1 Å². The highest BCUT2D eigenvalue weighted by Gasteiger charge is 2.18. The number of nitrogens with zero attached hydrogens (tertiary/aromatic N) is 3. The van der Waals surface area contributed by atoms with E-state index in [4.69, 9.17) is 4.74 Å². The topological polar surface area (TPSA) is 86.1 Å². The van der Waals surface area contributed by atoms with Gasteiger partial charge >= 0.3 is 0 Å². The van der Waals surface area contributed by atoms with Crippen molar-refractivity contribution < 1.29 is 13.9 Å². The van der Waals surface area contributed by atoms with E-state index in [0.717, 1.165) is 0 Å². The number of carbonyl (C=O) groups is 1. The van der Waals surface area contributed by atoms with Gasteiger partial charge in [0.05, 0.1) is 13.2 Å². The van der Waals surface area contributed by atoms with Gasteiger partial charge in [-0.1, -0.05) is 18.2 Å². The molecule has 0 saturated carbocycles. The van der Waals surface area contributed by atoms with E-state index >= 15 is 0 Å². The van der Waals surface area contributed by atoms with Crippen LogP contribution in [-0.4, -0.2) is 40.7 Å². The lowest BCUT2D eigenvalue weighted by Gasteiger charge is -2.11. The minimum absolute atomic E-state index is 0.185. The number of methoxy groups -OCH3 is 1. The second kappa shape index (κ2) is 8.50. The number of hydrogen-bond donors (Lipinski definition) is 1. The number of ether oxygens (including phenoxy) is 1. The zero-order valence-corrected chi connectivity index (χ0v) is 14.8. The Balaban J connectivity index is 1.82. The van der Waals surface area contributed by atoms with Gasteiger partial charge in [0.25, 0.3) is 11.5 Å². The number of carbonyl (C=O) groups excluding carboxylic acids is 1. The summed E-state index contributed by atoms with van der Waals surface area (Å²) in [5.74, 6) is -0.933. The first-order valence-electron chi connectivity index (χ1n) is 8.48. The summed E-state index contributed by atoms with van der Waals surface area (Å²) in [6.07, 6.45) is 1.87. The van der Waals surface area contributed by atoms with Crippen LogP contribution in [0.3, 0.4) is 0 Å². The van der Waals surface area contributed by atoms with E-state index in [-0.39, 0.29) is 24.6 Å². The van der Waals surface area contributed by atoms with Crippen LogP contribution in [0, 0.1) is 5.82 Å². The van der Waals surface area contributed by atoms with Crippen LogP contribution in [-0.2, 0) is 17.7 Å². The second-order valence-corrected chi connectivity index (χ2v) is 5.85. The number of fused-ring (bicyclic) bond motifs is 1. The first-order chi connectivity index (χ1) is 13.1. The number of nitrogens with one attached hydrogen (secondary N) is 1. The molecule has 0 bridgehead atoms. The van der Waals surface area contributed by atoms with Crippen LogP contribution >= 0.6 is 0 Å². The van der Waals surface area contributed by atoms with Gasteiger partial charge in [0.15, 0.2) is 11.3 Å². The minimum atomic E-state index is -0.603. The molecule has 8 heteroatoms. The summed E-state index contributed by atoms with van der Waals surface area (Å²) in [4.78, 5) is 33.5. The molecule has 3 aromatic rings. The van der Waals surface area contributed by atoms with E-state index in [1.807, 2.05) is 0 Å². The highest BCUT2D eigenvalue weighted by Crippen LogP contribution is 2.08. The number of pyridine rings is 1. The molecule has 2 aromatic heterocycles. The summed E-state index contributed by atoms with van der Waals surface area (Å²) in [5, 5.41) is 2.63. The Labute approximate surface area is 154 Å². The molecule has 0 atom stereocenters. The number of rotatable bonds is 7. The molecule has 0 aliphatic carbocycles. The van der Waals surface area contributed by atoms with Gasteiger partial charge in [-0.25, -0.2) is 14.4 Å². The predicted molar refractivity (Wildman–Crippen MR) is 98.1 cm³/mol. The molecule has 140 valence electrons. The Kier molecular flexibility index (Phi) is 5.87. The summed E-state index contributed by atoms with van der Waals surface area (Å²) in [6.45, 7) is 0.731. The van der Waals surface area contributed by atoms with Crippen molar-refractivity contribution in [1.29, 1.82) is 0 Å². The lowest BCUT2D eigenvalue weighted by molar-refractivity contribution is 0.0946. The summed E-state index contributed by atoms with van der Waals surface area (Å²) >= 11 is 0. The van der Waals surface area contributed by atoms with Gasteiger partial charge in [-0.3, -0.25) is 14.2 Å². The maximum atomic E-state index is 13.6. The highest BCUT2D eigenvalue weighted by molar-refractivity contribution is 5.93. The average molecular weight is 370 g/mol. The van der Waals surface area contributed by atoms with E-state index < -0.39 is 11.5 Å². The van der Waals surface area contributed by atoms with Crippen molar-refractivity contribution >= 4 is 17.1 Å². The molecule has 0 spiro atoms. The molecular weight excluding hydrogens is 351 g/mol. The first kappa shape index (κ1) is 18.7. The standard InChI is InChI=1S/C19H19FN4O3/c1-27-12-11-24-17-15(7-4-9-21-17)23-16(19(24)26)18(25)22-10-8-13-5-2-3-6-14(13)20/h2-7,9H,8,10-12H2,1H3,(H,22,25). The quantitative estimate of drug-likeness (QED) is 0.682. The molecule has 1 amide bonds. The highest BCUT2D eigenvalue weighted by atomic mass is 19.1. The maximum Gasteiger partial charge on any atom is 0.283 e. The van der Waals surface area contributed by atoms with Gasteiger partial charge < -0.3 is 10.1 Å². The lowest BCUT2D eigenvalue weighted by atomic mass is 10.1. The summed E-state index contributed by atoms with van der Waals surface area (Å²) in [6, 6.07) is 9.71. The number of aromatic nitrogens is 3. The van der Waals surface area contributed by atoms with Crippen LogP contribution in [0.15, 0.2) is 47.4 Å². The molecule has 27 heavy (non-hydrogen) atoms. The zero-order valence-electron chi connectivity index (χ0n) is 14.8. The Bertz CT molecular complexity index is 1020. The normalized spacial score (nSPS) is 10.9. The number of benzene rings is 1. The van der Waals surface area contributed by atoms with Crippen molar-refractivity contribution in [2.75, 3.05) is 20.3 Å². The van der Waals surface area contributed by atoms with E-state index in [0.29, 0.717) is 29.8 Å². The summed E-state index contributed by atoms with van der Waals surface area (Å²) in [7, 11) is 1.53. The minimum Gasteiger partial charge on any atom is -0.383 e. The molecule has 0 unspecified atom stereocenters. The van der Waals surface area contributed by atoms with Gasteiger partial charge in [-0.05, 0) is 30.2 Å². The smallest absolute Gasteiger partial charge is 0.283 e. The fraction of sp³-hybridized carbons (Fsp3) is 0.263. The fourth-order valence-corrected chi connectivity index (χ4v) is 2.71. The van der Waals surface area contributed by atoms with Crippen LogP contribution in [0.5, 0.6) is 0 Å². The van der Waals surface area contributed by atoms with Gasteiger partial charge in [-0.2, -0.15) is 0 Å². The molecule has 2 heterocycles. The van der Waals surface area contributed by atoms with Gasteiger partial charge in [-0.15, -0.1) is 0 Å². The van der Waals surface area contributed by atoms with Crippen LogP contribution in [0.25, 0.3) is 11.2 Å².